The minimum Gasteiger partial charge on any atom is -0.497 e. The molecule has 0 saturated carbocycles. The number of aromatic nitrogens is 2. The van der Waals surface area contributed by atoms with Crippen LogP contribution in [0.15, 0.2) is 53.4 Å². The number of nitrogens with one attached hydrogen (secondary N) is 2. The first-order valence-electron chi connectivity index (χ1n) is 9.87. The number of halogens is 1. The van der Waals surface area contributed by atoms with Crippen molar-refractivity contribution in [1.82, 2.24) is 14.1 Å². The summed E-state index contributed by atoms with van der Waals surface area (Å²) in [5.41, 5.74) is 0.792. The highest BCUT2D eigenvalue weighted by molar-refractivity contribution is 7.89. The highest BCUT2D eigenvalue weighted by Crippen LogP contribution is 2.18. The van der Waals surface area contributed by atoms with Crippen molar-refractivity contribution in [3.05, 3.63) is 65.7 Å². The number of hydrogen-bond donors (Lipinski definition) is 2. The molecule has 166 valence electrons. The number of nitrogens with zero attached hydrogens (tertiary/aromatic N) is 2. The lowest BCUT2D eigenvalue weighted by Gasteiger charge is -2.18. The Morgan fingerprint density at radius 1 is 1.19 bits per heavy atom. The molecule has 0 aliphatic carbocycles. The lowest BCUT2D eigenvalue weighted by atomic mass is 10.1. The fourth-order valence-electron chi connectivity index (χ4n) is 3.03. The molecule has 0 bridgehead atoms. The molecule has 3 rings (SSSR count). The molecule has 1 heterocycles. The number of rotatable bonds is 11. The Morgan fingerprint density at radius 3 is 2.65 bits per heavy atom. The molecule has 0 fully saturated rings. The predicted molar refractivity (Wildman–Crippen MR) is 120 cm³/mol. The Kier molecular flexibility index (Phi) is 7.94. The van der Waals surface area contributed by atoms with Crippen molar-refractivity contribution in [3.8, 4) is 5.75 Å². The van der Waals surface area contributed by atoms with Gasteiger partial charge in [-0.15, -0.1) is 0 Å². The van der Waals surface area contributed by atoms with Crippen LogP contribution in [-0.2, 0) is 16.4 Å². The van der Waals surface area contributed by atoms with Crippen LogP contribution in [0.25, 0.3) is 0 Å². The van der Waals surface area contributed by atoms with Gasteiger partial charge < -0.3 is 10.1 Å². The Hall–Kier alpha value is -2.56. The van der Waals surface area contributed by atoms with Crippen LogP contribution in [0, 0.1) is 5.82 Å². The van der Waals surface area contributed by atoms with Crippen LogP contribution in [0.1, 0.15) is 31.2 Å². The first-order chi connectivity index (χ1) is 14.9. The first kappa shape index (κ1) is 23.1. The fourth-order valence-corrected chi connectivity index (χ4v) is 4.89. The lowest BCUT2D eigenvalue weighted by Crippen LogP contribution is -2.39. The third-order valence-corrected chi connectivity index (χ3v) is 6.79. The van der Waals surface area contributed by atoms with Crippen LogP contribution < -0.4 is 14.8 Å². The number of anilines is 1. The molecule has 1 unspecified atom stereocenters. The molecule has 0 aliphatic heterocycles. The van der Waals surface area contributed by atoms with Crippen LogP contribution >= 0.6 is 11.5 Å². The van der Waals surface area contributed by atoms with Crippen molar-refractivity contribution in [3.63, 3.8) is 0 Å². The largest absolute Gasteiger partial charge is 0.497 e. The summed E-state index contributed by atoms with van der Waals surface area (Å²) in [7, 11) is -2.13. The molecule has 0 spiro atoms. The number of sulfonamides is 1. The molecule has 3 aromatic rings. The van der Waals surface area contributed by atoms with Crippen LogP contribution in [0.2, 0.25) is 0 Å². The summed E-state index contributed by atoms with van der Waals surface area (Å²) in [5, 5.41) is 3.76. The molecule has 0 amide bonds. The topological polar surface area (TPSA) is 93.2 Å². The maximum Gasteiger partial charge on any atom is 0.240 e. The van der Waals surface area contributed by atoms with Gasteiger partial charge in [0, 0.05) is 30.5 Å². The predicted octanol–water partition coefficient (Wildman–Crippen LogP) is 3.84. The molecule has 0 saturated heterocycles. The van der Waals surface area contributed by atoms with Gasteiger partial charge in [-0.1, -0.05) is 25.5 Å². The standard InChI is InChI=1S/C21H25FN4O3S2/c1-3-5-17(26-31(27,28)19-10-8-18(29-2)9-11-19)14-23-21-24-20(25-30-21)13-15-6-4-7-16(22)12-15/h4,6-12,17,26H,3,5,13-14H2,1-2H3,(H,23,24,25). The monoisotopic (exact) mass is 464 g/mol. The van der Waals surface area contributed by atoms with E-state index in [1.807, 2.05) is 13.0 Å². The van der Waals surface area contributed by atoms with E-state index in [1.165, 1.54) is 42.9 Å². The molecule has 7 nitrogen and oxygen atoms in total. The molecule has 31 heavy (non-hydrogen) atoms. The van der Waals surface area contributed by atoms with E-state index in [4.69, 9.17) is 4.74 Å². The van der Waals surface area contributed by atoms with Gasteiger partial charge in [0.15, 0.2) is 0 Å². The normalized spacial score (nSPS) is 12.5. The number of hydrogen-bond acceptors (Lipinski definition) is 7. The van der Waals surface area contributed by atoms with Gasteiger partial charge in [0.1, 0.15) is 17.4 Å². The third-order valence-electron chi connectivity index (χ3n) is 4.55. The molecule has 1 atom stereocenters. The van der Waals surface area contributed by atoms with E-state index in [2.05, 4.69) is 19.4 Å². The molecule has 0 aliphatic rings. The van der Waals surface area contributed by atoms with Gasteiger partial charge in [-0.2, -0.15) is 4.37 Å². The van der Waals surface area contributed by atoms with E-state index in [-0.39, 0.29) is 16.8 Å². The Bertz CT molecular complexity index is 1090. The summed E-state index contributed by atoms with van der Waals surface area (Å²) in [6.45, 7) is 2.37. The molecular weight excluding hydrogens is 439 g/mol. The van der Waals surface area contributed by atoms with Crippen LogP contribution in [0.3, 0.4) is 0 Å². The van der Waals surface area contributed by atoms with Crippen LogP contribution in [0.5, 0.6) is 5.75 Å². The Balaban J connectivity index is 1.60. The van der Waals surface area contributed by atoms with Crippen LogP contribution in [0.4, 0.5) is 9.52 Å². The second-order valence-corrected chi connectivity index (χ2v) is 9.45. The average molecular weight is 465 g/mol. The lowest BCUT2D eigenvalue weighted by molar-refractivity contribution is 0.414. The number of methoxy groups -OCH3 is 1. The zero-order valence-electron chi connectivity index (χ0n) is 17.3. The molecule has 1 aromatic heterocycles. The summed E-state index contributed by atoms with van der Waals surface area (Å²) in [5.74, 6) is 0.887. The summed E-state index contributed by atoms with van der Waals surface area (Å²) in [4.78, 5) is 4.61. The van der Waals surface area contributed by atoms with Crippen molar-refractivity contribution in [2.45, 2.75) is 37.1 Å². The minimum atomic E-state index is -3.66. The van der Waals surface area contributed by atoms with E-state index < -0.39 is 10.0 Å². The second kappa shape index (κ2) is 10.7. The molecular formula is C21H25FN4O3S2. The summed E-state index contributed by atoms with van der Waals surface area (Å²) < 4.78 is 50.9. The zero-order valence-corrected chi connectivity index (χ0v) is 19.0. The van der Waals surface area contributed by atoms with Gasteiger partial charge in [-0.25, -0.2) is 22.5 Å². The van der Waals surface area contributed by atoms with Gasteiger partial charge in [-0.05, 0) is 48.4 Å². The second-order valence-electron chi connectivity index (χ2n) is 6.99. The van der Waals surface area contributed by atoms with Gasteiger partial charge in [0.25, 0.3) is 0 Å². The smallest absolute Gasteiger partial charge is 0.240 e. The highest BCUT2D eigenvalue weighted by Gasteiger charge is 2.20. The van der Waals surface area contributed by atoms with E-state index >= 15 is 0 Å². The summed E-state index contributed by atoms with van der Waals surface area (Å²) >= 11 is 1.19. The van der Waals surface area contributed by atoms with Gasteiger partial charge in [0.05, 0.1) is 12.0 Å². The maximum absolute atomic E-state index is 13.3. The van der Waals surface area contributed by atoms with E-state index in [0.29, 0.717) is 36.1 Å². The summed E-state index contributed by atoms with van der Waals surface area (Å²) in [6, 6.07) is 12.3. The van der Waals surface area contributed by atoms with E-state index in [9.17, 15) is 12.8 Å². The SMILES string of the molecule is CCCC(CNc1nc(Cc2cccc(F)c2)ns1)NS(=O)(=O)c1ccc(OC)cc1. The van der Waals surface area contributed by atoms with Crippen molar-refractivity contribution in [1.29, 1.82) is 0 Å². The van der Waals surface area contributed by atoms with Crippen molar-refractivity contribution in [2.75, 3.05) is 19.0 Å². The average Bonchev–Trinajstić information content (AvgIpc) is 3.19. The number of ether oxygens (including phenoxy) is 1. The van der Waals surface area contributed by atoms with Crippen LogP contribution in [-0.4, -0.2) is 37.5 Å². The van der Waals surface area contributed by atoms with Gasteiger partial charge in [-0.3, -0.25) is 0 Å². The summed E-state index contributed by atoms with van der Waals surface area (Å²) in [6.07, 6.45) is 1.91. The number of benzene rings is 2. The first-order valence-corrected chi connectivity index (χ1v) is 12.1. The Morgan fingerprint density at radius 2 is 1.97 bits per heavy atom. The van der Waals surface area contributed by atoms with Gasteiger partial charge >= 0.3 is 0 Å². The van der Waals surface area contributed by atoms with E-state index in [1.54, 1.807) is 18.2 Å². The third kappa shape index (κ3) is 6.71. The molecule has 2 aromatic carbocycles. The fraction of sp³-hybridized carbons (Fsp3) is 0.333. The maximum atomic E-state index is 13.3. The minimum absolute atomic E-state index is 0.183. The van der Waals surface area contributed by atoms with Crippen molar-refractivity contribution < 1.29 is 17.5 Å². The quantitative estimate of drug-likeness (QED) is 0.448. The van der Waals surface area contributed by atoms with Crippen molar-refractivity contribution in [2.24, 2.45) is 0 Å². The van der Waals surface area contributed by atoms with Crippen molar-refractivity contribution >= 4 is 26.7 Å². The highest BCUT2D eigenvalue weighted by atomic mass is 32.2. The molecule has 10 heteroatoms. The van der Waals surface area contributed by atoms with E-state index in [0.717, 1.165) is 12.0 Å². The Labute approximate surface area is 185 Å². The molecule has 2 N–H and O–H groups in total. The van der Waals surface area contributed by atoms with Gasteiger partial charge in [0.2, 0.25) is 15.2 Å². The zero-order chi connectivity index (χ0) is 22.3. The molecule has 0 radical (unpaired) electrons.